The van der Waals surface area contributed by atoms with Gasteiger partial charge >= 0.3 is 0 Å². The molecule has 1 amide bonds. The van der Waals surface area contributed by atoms with Crippen molar-refractivity contribution in [2.45, 2.75) is 23.8 Å². The molecule has 2 aromatic carbocycles. The number of nitrogens with one attached hydrogen (secondary N) is 1. The quantitative estimate of drug-likeness (QED) is 0.553. The number of hydrogen-bond donors (Lipinski definition) is 1. The highest BCUT2D eigenvalue weighted by Crippen LogP contribution is 2.38. The van der Waals surface area contributed by atoms with Crippen molar-refractivity contribution in [3.05, 3.63) is 69.7 Å². The Morgan fingerprint density at radius 2 is 1.78 bits per heavy atom. The van der Waals surface area contributed by atoms with Crippen LogP contribution in [-0.4, -0.2) is 35.4 Å². The van der Waals surface area contributed by atoms with E-state index in [4.69, 9.17) is 0 Å². The van der Waals surface area contributed by atoms with Gasteiger partial charge in [0.15, 0.2) is 11.6 Å². The maximum Gasteiger partial charge on any atom is 0.286 e. The van der Waals surface area contributed by atoms with Crippen LogP contribution < -0.4 is 5.32 Å². The first-order valence-electron chi connectivity index (χ1n) is 9.23. The minimum atomic E-state index is -4.38. The van der Waals surface area contributed by atoms with Crippen molar-refractivity contribution in [2.75, 3.05) is 11.9 Å². The van der Waals surface area contributed by atoms with Gasteiger partial charge in [0.1, 0.15) is 21.5 Å². The molecular weight excluding hydrogens is 472 g/mol. The molecule has 32 heavy (non-hydrogen) atoms. The van der Waals surface area contributed by atoms with Crippen LogP contribution in [0.4, 0.5) is 23.2 Å². The molecular formula is C19H14F4N4O3S2. The molecule has 1 aliphatic heterocycles. The van der Waals surface area contributed by atoms with Gasteiger partial charge in [-0.1, -0.05) is 11.3 Å². The number of aromatic nitrogens is 2. The van der Waals surface area contributed by atoms with Gasteiger partial charge in [0, 0.05) is 18.3 Å². The van der Waals surface area contributed by atoms with Crippen molar-refractivity contribution in [1.82, 2.24) is 14.5 Å². The maximum absolute atomic E-state index is 14.1. The van der Waals surface area contributed by atoms with Crippen molar-refractivity contribution in [1.29, 1.82) is 0 Å². The Labute approximate surface area is 183 Å². The van der Waals surface area contributed by atoms with E-state index in [0.717, 1.165) is 46.0 Å². The fourth-order valence-corrected chi connectivity index (χ4v) is 5.99. The Bertz CT molecular complexity index is 1300. The molecule has 0 spiro atoms. The summed E-state index contributed by atoms with van der Waals surface area (Å²) < 4.78 is 80.9. The second-order valence-electron chi connectivity index (χ2n) is 6.88. The first-order chi connectivity index (χ1) is 15.2. The molecule has 1 saturated heterocycles. The van der Waals surface area contributed by atoms with Crippen LogP contribution in [0.25, 0.3) is 0 Å². The lowest BCUT2D eigenvalue weighted by Gasteiger charge is -2.22. The van der Waals surface area contributed by atoms with Crippen molar-refractivity contribution < 1.29 is 30.8 Å². The molecule has 1 aliphatic rings. The third-order valence-electron chi connectivity index (χ3n) is 4.78. The Kier molecular flexibility index (Phi) is 5.97. The maximum atomic E-state index is 14.1. The van der Waals surface area contributed by atoms with E-state index in [9.17, 15) is 30.8 Å². The number of halogens is 4. The third kappa shape index (κ3) is 4.23. The van der Waals surface area contributed by atoms with Crippen LogP contribution in [0.1, 0.15) is 33.7 Å². The topological polar surface area (TPSA) is 92.3 Å². The minimum absolute atomic E-state index is 0.00250. The zero-order valence-corrected chi connectivity index (χ0v) is 17.7. The van der Waals surface area contributed by atoms with Gasteiger partial charge in [-0.3, -0.25) is 4.79 Å². The summed E-state index contributed by atoms with van der Waals surface area (Å²) >= 11 is 0.811. The SMILES string of the molecule is O=C(Nc1ccc(F)c(F)c1)c1nnc([C@H]2CCCN2S(=O)(=O)c2cc(F)ccc2F)s1. The van der Waals surface area contributed by atoms with E-state index in [-0.39, 0.29) is 22.2 Å². The Hall–Kier alpha value is -2.90. The Morgan fingerprint density at radius 3 is 2.53 bits per heavy atom. The molecule has 13 heteroatoms. The molecule has 2 heterocycles. The van der Waals surface area contributed by atoms with Crippen molar-refractivity contribution in [3.8, 4) is 0 Å². The first-order valence-corrected chi connectivity index (χ1v) is 11.5. The molecule has 0 aliphatic carbocycles. The molecule has 0 radical (unpaired) electrons. The average Bonchev–Trinajstić information content (AvgIpc) is 3.42. The Morgan fingerprint density at radius 1 is 1.03 bits per heavy atom. The fourth-order valence-electron chi connectivity index (χ4n) is 3.30. The van der Waals surface area contributed by atoms with Crippen molar-refractivity contribution in [2.24, 2.45) is 0 Å². The number of rotatable bonds is 5. The van der Waals surface area contributed by atoms with Gasteiger partial charge in [0.2, 0.25) is 15.0 Å². The molecule has 1 atom stereocenters. The predicted octanol–water partition coefficient (Wildman–Crippen LogP) is 3.87. The van der Waals surface area contributed by atoms with Crippen LogP contribution >= 0.6 is 11.3 Å². The van der Waals surface area contributed by atoms with E-state index in [2.05, 4.69) is 15.5 Å². The molecule has 1 N–H and O–H groups in total. The van der Waals surface area contributed by atoms with Crippen LogP contribution in [0.5, 0.6) is 0 Å². The zero-order chi connectivity index (χ0) is 23.0. The molecule has 4 rings (SSSR count). The summed E-state index contributed by atoms with van der Waals surface area (Å²) in [5, 5.41) is 10.1. The highest BCUT2D eigenvalue weighted by Gasteiger charge is 2.39. The zero-order valence-electron chi connectivity index (χ0n) is 16.1. The van der Waals surface area contributed by atoms with Crippen molar-refractivity contribution in [3.63, 3.8) is 0 Å². The standard InChI is InChI=1S/C19H14F4N4O3S2/c20-10-3-5-13(22)16(8-10)32(29,30)27-7-1-2-15(27)18-25-26-19(31-18)17(28)24-11-4-6-12(21)14(23)9-11/h3-6,8-9,15H,1-2,7H2,(H,24,28)/t15-/m1/s1. The lowest BCUT2D eigenvalue weighted by molar-refractivity contribution is 0.102. The highest BCUT2D eigenvalue weighted by molar-refractivity contribution is 7.89. The van der Waals surface area contributed by atoms with Gasteiger partial charge in [-0.25, -0.2) is 26.0 Å². The van der Waals surface area contributed by atoms with Gasteiger partial charge in [-0.2, -0.15) is 4.31 Å². The van der Waals surface area contributed by atoms with Crippen LogP contribution in [0.2, 0.25) is 0 Å². The molecule has 3 aromatic rings. The number of carbonyl (C=O) groups is 1. The number of anilines is 1. The van der Waals surface area contributed by atoms with Gasteiger partial charge in [-0.05, 0) is 43.2 Å². The van der Waals surface area contributed by atoms with E-state index in [1.54, 1.807) is 0 Å². The minimum Gasteiger partial charge on any atom is -0.320 e. The number of nitrogens with zero attached hydrogens (tertiary/aromatic N) is 3. The summed E-state index contributed by atoms with van der Waals surface area (Å²) in [5.41, 5.74) is -0.00250. The summed E-state index contributed by atoms with van der Waals surface area (Å²) in [7, 11) is -4.38. The lowest BCUT2D eigenvalue weighted by Crippen LogP contribution is -2.31. The molecule has 168 valence electrons. The number of hydrogen-bond acceptors (Lipinski definition) is 6. The largest absolute Gasteiger partial charge is 0.320 e. The van der Waals surface area contributed by atoms with Crippen LogP contribution in [0.15, 0.2) is 41.3 Å². The summed E-state index contributed by atoms with van der Waals surface area (Å²) in [4.78, 5) is 11.6. The molecule has 0 bridgehead atoms. The number of sulfonamides is 1. The molecule has 0 unspecified atom stereocenters. The summed E-state index contributed by atoms with van der Waals surface area (Å²) in [6.07, 6.45) is 0.784. The third-order valence-corrected chi connectivity index (χ3v) is 7.73. The van der Waals surface area contributed by atoms with E-state index in [1.807, 2.05) is 0 Å². The van der Waals surface area contributed by atoms with Gasteiger partial charge < -0.3 is 5.32 Å². The smallest absolute Gasteiger partial charge is 0.286 e. The van der Waals surface area contributed by atoms with E-state index in [0.29, 0.717) is 18.9 Å². The highest BCUT2D eigenvalue weighted by atomic mass is 32.2. The van der Waals surface area contributed by atoms with Crippen LogP contribution in [-0.2, 0) is 10.0 Å². The molecule has 0 saturated carbocycles. The number of benzene rings is 2. The van der Waals surface area contributed by atoms with Gasteiger partial charge in [-0.15, -0.1) is 10.2 Å². The first kappa shape index (κ1) is 22.3. The Balaban J connectivity index is 1.57. The molecule has 1 fully saturated rings. The number of amides is 1. The van der Waals surface area contributed by atoms with E-state index < -0.39 is 50.1 Å². The predicted molar refractivity (Wildman–Crippen MR) is 106 cm³/mol. The van der Waals surface area contributed by atoms with E-state index >= 15 is 0 Å². The average molecular weight is 486 g/mol. The van der Waals surface area contributed by atoms with Gasteiger partial charge in [0.25, 0.3) is 5.91 Å². The summed E-state index contributed by atoms with van der Waals surface area (Å²) in [5.74, 6) is -4.94. The van der Waals surface area contributed by atoms with Gasteiger partial charge in [0.05, 0.1) is 6.04 Å². The van der Waals surface area contributed by atoms with Crippen LogP contribution in [0.3, 0.4) is 0 Å². The molecule has 7 nitrogen and oxygen atoms in total. The lowest BCUT2D eigenvalue weighted by atomic mass is 10.2. The summed E-state index contributed by atoms with van der Waals surface area (Å²) in [6, 6.07) is 4.16. The normalized spacial score (nSPS) is 16.9. The van der Waals surface area contributed by atoms with Crippen molar-refractivity contribution >= 4 is 33.0 Å². The monoisotopic (exact) mass is 486 g/mol. The number of carbonyl (C=O) groups excluding carboxylic acids is 1. The second-order valence-corrected chi connectivity index (χ2v) is 9.75. The summed E-state index contributed by atoms with van der Waals surface area (Å²) in [6.45, 7) is 0.0545. The molecule has 1 aromatic heterocycles. The second kappa shape index (κ2) is 8.56. The fraction of sp³-hybridized carbons (Fsp3) is 0.211. The van der Waals surface area contributed by atoms with Crippen LogP contribution in [0, 0.1) is 23.3 Å². The van der Waals surface area contributed by atoms with E-state index in [1.165, 1.54) is 0 Å².